The third kappa shape index (κ3) is 3.71. The zero-order valence-electron chi connectivity index (χ0n) is 14.1. The summed E-state index contributed by atoms with van der Waals surface area (Å²) in [6.45, 7) is 2.61. The van der Waals surface area contributed by atoms with Crippen LogP contribution >= 0.6 is 11.8 Å². The number of carboxylic acid groups (broad SMARTS) is 1. The van der Waals surface area contributed by atoms with Crippen molar-refractivity contribution < 1.29 is 14.7 Å². The van der Waals surface area contributed by atoms with Crippen molar-refractivity contribution in [3.05, 3.63) is 59.7 Å². The van der Waals surface area contributed by atoms with Gasteiger partial charge in [-0.15, -0.1) is 11.8 Å². The first kappa shape index (κ1) is 17.5. The number of nitrogens with zero attached hydrogens (tertiary/aromatic N) is 1. The standard InChI is InChI=1S/C20H21NO3S/c1-2-5-14-8-10-15(11-9-14)16-6-3-4-7-17(16)18(22)21-12-13-25-19(21)20(23)24/h3-4,6-11,19H,2,5,12-13H2,1H3,(H,23,24). The molecule has 1 atom stereocenters. The molecule has 1 N–H and O–H groups in total. The number of aryl methyl sites for hydroxylation is 1. The average molecular weight is 355 g/mol. The number of hydrogen-bond donors (Lipinski definition) is 1. The molecule has 2 aromatic carbocycles. The van der Waals surface area contributed by atoms with Crippen LogP contribution in [0.15, 0.2) is 48.5 Å². The number of rotatable bonds is 5. The molecule has 3 rings (SSSR count). The summed E-state index contributed by atoms with van der Waals surface area (Å²) < 4.78 is 0. The second-order valence-corrected chi connectivity index (χ2v) is 7.24. The molecule has 1 aliphatic rings. The smallest absolute Gasteiger partial charge is 0.337 e. The average Bonchev–Trinajstić information content (AvgIpc) is 3.12. The van der Waals surface area contributed by atoms with E-state index >= 15 is 0 Å². The van der Waals surface area contributed by atoms with Crippen molar-refractivity contribution in [3.8, 4) is 11.1 Å². The van der Waals surface area contributed by atoms with Gasteiger partial charge in [0.1, 0.15) is 0 Å². The maximum absolute atomic E-state index is 13.0. The van der Waals surface area contributed by atoms with Crippen LogP contribution in [0.25, 0.3) is 11.1 Å². The molecule has 1 unspecified atom stereocenters. The molecule has 130 valence electrons. The molecule has 1 fully saturated rings. The summed E-state index contributed by atoms with van der Waals surface area (Å²) in [5, 5.41) is 8.53. The molecule has 0 aliphatic carbocycles. The number of thioether (sulfide) groups is 1. The van der Waals surface area contributed by atoms with E-state index in [1.165, 1.54) is 22.2 Å². The predicted octanol–water partition coefficient (Wildman–Crippen LogP) is 3.91. The zero-order valence-corrected chi connectivity index (χ0v) is 15.0. The molecule has 25 heavy (non-hydrogen) atoms. The van der Waals surface area contributed by atoms with Crippen LogP contribution in [0, 0.1) is 0 Å². The Morgan fingerprint density at radius 2 is 1.88 bits per heavy atom. The highest BCUT2D eigenvalue weighted by molar-refractivity contribution is 8.00. The van der Waals surface area contributed by atoms with Gasteiger partial charge in [0.25, 0.3) is 5.91 Å². The largest absolute Gasteiger partial charge is 0.479 e. The van der Waals surface area contributed by atoms with Crippen molar-refractivity contribution in [1.29, 1.82) is 0 Å². The first-order valence-electron chi connectivity index (χ1n) is 8.45. The molecular formula is C20H21NO3S. The van der Waals surface area contributed by atoms with Gasteiger partial charge in [-0.3, -0.25) is 4.79 Å². The Hall–Kier alpha value is -2.27. The molecular weight excluding hydrogens is 334 g/mol. The zero-order chi connectivity index (χ0) is 17.8. The van der Waals surface area contributed by atoms with Crippen molar-refractivity contribution >= 4 is 23.6 Å². The Labute approximate surface area is 151 Å². The third-order valence-corrected chi connectivity index (χ3v) is 5.51. The quantitative estimate of drug-likeness (QED) is 0.883. The highest BCUT2D eigenvalue weighted by atomic mass is 32.2. The van der Waals surface area contributed by atoms with Gasteiger partial charge in [-0.05, 0) is 29.2 Å². The van der Waals surface area contributed by atoms with Crippen LogP contribution in [-0.4, -0.2) is 39.6 Å². The SMILES string of the molecule is CCCc1ccc(-c2ccccc2C(=O)N2CCSC2C(=O)O)cc1. The van der Waals surface area contributed by atoms with Crippen LogP contribution in [0.5, 0.6) is 0 Å². The Kier molecular flexibility index (Phi) is 5.43. The molecule has 1 saturated heterocycles. The van der Waals surface area contributed by atoms with Crippen molar-refractivity contribution in [1.82, 2.24) is 4.90 Å². The summed E-state index contributed by atoms with van der Waals surface area (Å²) in [5.41, 5.74) is 3.65. The molecule has 0 radical (unpaired) electrons. The molecule has 1 amide bonds. The van der Waals surface area contributed by atoms with Gasteiger partial charge in [0.05, 0.1) is 0 Å². The summed E-state index contributed by atoms with van der Waals surface area (Å²) in [7, 11) is 0. The summed E-state index contributed by atoms with van der Waals surface area (Å²) in [6.07, 6.45) is 2.13. The molecule has 2 aromatic rings. The maximum atomic E-state index is 13.0. The van der Waals surface area contributed by atoms with E-state index in [9.17, 15) is 14.7 Å². The molecule has 4 nitrogen and oxygen atoms in total. The van der Waals surface area contributed by atoms with Crippen LogP contribution in [0.4, 0.5) is 0 Å². The first-order chi connectivity index (χ1) is 12.1. The molecule has 0 aromatic heterocycles. The van der Waals surface area contributed by atoms with Gasteiger partial charge >= 0.3 is 5.97 Å². The summed E-state index contributed by atoms with van der Waals surface area (Å²) in [6, 6.07) is 15.7. The Bertz CT molecular complexity index is 773. The lowest BCUT2D eigenvalue weighted by Crippen LogP contribution is -2.39. The number of aliphatic carboxylic acids is 1. The Balaban J connectivity index is 1.93. The molecule has 0 saturated carbocycles. The summed E-state index contributed by atoms with van der Waals surface area (Å²) >= 11 is 1.30. The van der Waals surface area contributed by atoms with Gasteiger partial charge in [-0.1, -0.05) is 55.8 Å². The van der Waals surface area contributed by atoms with Crippen LogP contribution in [0.2, 0.25) is 0 Å². The van der Waals surface area contributed by atoms with Crippen molar-refractivity contribution in [3.63, 3.8) is 0 Å². The molecule has 0 bridgehead atoms. The van der Waals surface area contributed by atoms with E-state index in [4.69, 9.17) is 0 Å². The van der Waals surface area contributed by atoms with Crippen LogP contribution in [0.1, 0.15) is 29.3 Å². The van der Waals surface area contributed by atoms with Gasteiger partial charge in [-0.2, -0.15) is 0 Å². The Morgan fingerprint density at radius 3 is 2.56 bits per heavy atom. The fourth-order valence-corrected chi connectivity index (χ4v) is 4.15. The normalized spacial score (nSPS) is 16.8. The lowest BCUT2D eigenvalue weighted by atomic mass is 9.97. The van der Waals surface area contributed by atoms with E-state index in [0.717, 1.165) is 24.0 Å². The molecule has 1 aliphatic heterocycles. The molecule has 0 spiro atoms. The number of carbonyl (C=O) groups excluding carboxylic acids is 1. The predicted molar refractivity (Wildman–Crippen MR) is 101 cm³/mol. The number of benzene rings is 2. The minimum Gasteiger partial charge on any atom is -0.479 e. The van der Waals surface area contributed by atoms with Gasteiger partial charge in [0.2, 0.25) is 0 Å². The first-order valence-corrected chi connectivity index (χ1v) is 9.50. The minimum absolute atomic E-state index is 0.217. The number of hydrogen-bond acceptors (Lipinski definition) is 3. The third-order valence-electron chi connectivity index (χ3n) is 4.32. The molecule has 1 heterocycles. The number of amides is 1. The van der Waals surface area contributed by atoms with Crippen LogP contribution in [0.3, 0.4) is 0 Å². The lowest BCUT2D eigenvalue weighted by molar-refractivity contribution is -0.138. The fraction of sp³-hybridized carbons (Fsp3) is 0.300. The second kappa shape index (κ2) is 7.74. The number of carbonyl (C=O) groups is 2. The fourth-order valence-electron chi connectivity index (χ4n) is 3.10. The van der Waals surface area contributed by atoms with E-state index in [0.29, 0.717) is 17.9 Å². The van der Waals surface area contributed by atoms with E-state index in [2.05, 4.69) is 19.1 Å². The van der Waals surface area contributed by atoms with Gasteiger partial charge in [-0.25, -0.2) is 4.79 Å². The van der Waals surface area contributed by atoms with Crippen molar-refractivity contribution in [2.75, 3.05) is 12.3 Å². The summed E-state index contributed by atoms with van der Waals surface area (Å²) in [5.74, 6) is -0.528. The minimum atomic E-state index is -0.961. The number of carboxylic acids is 1. The van der Waals surface area contributed by atoms with Gasteiger partial charge in [0.15, 0.2) is 5.37 Å². The summed E-state index contributed by atoms with van der Waals surface area (Å²) in [4.78, 5) is 25.8. The van der Waals surface area contributed by atoms with E-state index in [-0.39, 0.29) is 5.91 Å². The van der Waals surface area contributed by atoms with Crippen molar-refractivity contribution in [2.24, 2.45) is 0 Å². The monoisotopic (exact) mass is 355 g/mol. The lowest BCUT2D eigenvalue weighted by Gasteiger charge is -2.22. The van der Waals surface area contributed by atoms with Crippen molar-refractivity contribution in [2.45, 2.75) is 25.1 Å². The van der Waals surface area contributed by atoms with Gasteiger partial charge < -0.3 is 10.0 Å². The highest BCUT2D eigenvalue weighted by Crippen LogP contribution is 2.30. The van der Waals surface area contributed by atoms with E-state index < -0.39 is 11.3 Å². The Morgan fingerprint density at radius 1 is 1.16 bits per heavy atom. The van der Waals surface area contributed by atoms with E-state index in [1.54, 1.807) is 6.07 Å². The second-order valence-electron chi connectivity index (χ2n) is 6.05. The maximum Gasteiger partial charge on any atom is 0.337 e. The van der Waals surface area contributed by atoms with Gasteiger partial charge in [0, 0.05) is 17.9 Å². The van der Waals surface area contributed by atoms with E-state index in [1.807, 2.05) is 30.3 Å². The topological polar surface area (TPSA) is 57.6 Å². The van der Waals surface area contributed by atoms with Crippen LogP contribution < -0.4 is 0 Å². The molecule has 5 heteroatoms. The highest BCUT2D eigenvalue weighted by Gasteiger charge is 2.35. The van der Waals surface area contributed by atoms with Crippen LogP contribution in [-0.2, 0) is 11.2 Å².